The second-order valence-corrected chi connectivity index (χ2v) is 6.89. The SMILES string of the molecule is CCSc1cccc(N2CCOCC2(C)C)c1/C(N)=N/O. The van der Waals surface area contributed by atoms with Gasteiger partial charge in [0.25, 0.3) is 0 Å². The molecule has 0 unspecified atom stereocenters. The van der Waals surface area contributed by atoms with Crippen molar-refractivity contribution in [3.05, 3.63) is 23.8 Å². The molecule has 0 saturated carbocycles. The van der Waals surface area contributed by atoms with Crippen molar-refractivity contribution in [2.45, 2.75) is 31.2 Å². The fraction of sp³-hybridized carbons (Fsp3) is 0.533. The summed E-state index contributed by atoms with van der Waals surface area (Å²) in [5.74, 6) is 1.09. The molecule has 2 rings (SSSR count). The van der Waals surface area contributed by atoms with E-state index in [1.807, 2.05) is 18.2 Å². The highest BCUT2D eigenvalue weighted by Gasteiger charge is 2.33. The summed E-state index contributed by atoms with van der Waals surface area (Å²) in [4.78, 5) is 3.32. The van der Waals surface area contributed by atoms with Gasteiger partial charge in [0.05, 0.1) is 24.3 Å². The third kappa shape index (κ3) is 3.27. The Kier molecular flexibility index (Phi) is 5.00. The molecule has 0 spiro atoms. The van der Waals surface area contributed by atoms with E-state index < -0.39 is 0 Å². The summed E-state index contributed by atoms with van der Waals surface area (Å²) < 4.78 is 5.58. The van der Waals surface area contributed by atoms with Crippen molar-refractivity contribution in [1.82, 2.24) is 0 Å². The van der Waals surface area contributed by atoms with E-state index in [4.69, 9.17) is 15.7 Å². The first-order valence-electron chi connectivity index (χ1n) is 7.10. The molecule has 1 heterocycles. The van der Waals surface area contributed by atoms with Gasteiger partial charge >= 0.3 is 0 Å². The molecule has 0 amide bonds. The fourth-order valence-corrected chi connectivity index (χ4v) is 3.47. The Morgan fingerprint density at radius 1 is 1.52 bits per heavy atom. The third-order valence-corrected chi connectivity index (χ3v) is 4.54. The summed E-state index contributed by atoms with van der Waals surface area (Å²) in [6.07, 6.45) is 0. The maximum Gasteiger partial charge on any atom is 0.173 e. The van der Waals surface area contributed by atoms with Gasteiger partial charge in [-0.3, -0.25) is 0 Å². The van der Waals surface area contributed by atoms with Crippen molar-refractivity contribution in [3.63, 3.8) is 0 Å². The van der Waals surface area contributed by atoms with Gasteiger partial charge in [-0.05, 0) is 31.7 Å². The summed E-state index contributed by atoms with van der Waals surface area (Å²) in [7, 11) is 0. The van der Waals surface area contributed by atoms with Gasteiger partial charge in [-0.2, -0.15) is 0 Å². The first-order valence-corrected chi connectivity index (χ1v) is 8.09. The van der Waals surface area contributed by atoms with Crippen LogP contribution in [-0.4, -0.2) is 42.1 Å². The highest BCUT2D eigenvalue weighted by Crippen LogP contribution is 2.35. The molecule has 0 aromatic heterocycles. The molecule has 0 atom stereocenters. The number of morpholine rings is 1. The predicted molar refractivity (Wildman–Crippen MR) is 87.6 cm³/mol. The van der Waals surface area contributed by atoms with E-state index in [-0.39, 0.29) is 11.4 Å². The average molecular weight is 309 g/mol. The van der Waals surface area contributed by atoms with Crippen LogP contribution in [-0.2, 0) is 4.74 Å². The van der Waals surface area contributed by atoms with Crippen molar-refractivity contribution < 1.29 is 9.94 Å². The van der Waals surface area contributed by atoms with Crippen LogP contribution in [0.1, 0.15) is 26.3 Å². The number of nitrogens with zero attached hydrogens (tertiary/aromatic N) is 2. The average Bonchev–Trinajstić information content (AvgIpc) is 2.46. The standard InChI is InChI=1S/C15H23N3O2S/c1-4-21-12-7-5-6-11(13(12)14(16)17-19)18-8-9-20-10-15(18,2)3/h5-7,19H,4,8-10H2,1-3H3,(H2,16,17). The number of hydrogen-bond acceptors (Lipinski definition) is 5. The minimum Gasteiger partial charge on any atom is -0.409 e. The van der Waals surface area contributed by atoms with E-state index in [2.05, 4.69) is 30.8 Å². The van der Waals surface area contributed by atoms with Crippen LogP contribution in [0.3, 0.4) is 0 Å². The minimum absolute atomic E-state index is 0.127. The molecule has 0 radical (unpaired) electrons. The Morgan fingerprint density at radius 3 is 2.90 bits per heavy atom. The normalized spacial score (nSPS) is 18.8. The zero-order valence-corrected chi connectivity index (χ0v) is 13.6. The lowest BCUT2D eigenvalue weighted by Crippen LogP contribution is -2.53. The summed E-state index contributed by atoms with van der Waals surface area (Å²) in [6.45, 7) is 8.51. The summed E-state index contributed by atoms with van der Waals surface area (Å²) >= 11 is 1.69. The molecule has 3 N–H and O–H groups in total. The first kappa shape index (κ1) is 16.0. The van der Waals surface area contributed by atoms with E-state index in [0.29, 0.717) is 13.2 Å². The molecule has 1 saturated heterocycles. The Labute approximate surface area is 130 Å². The van der Waals surface area contributed by atoms with E-state index >= 15 is 0 Å². The Morgan fingerprint density at radius 2 is 2.29 bits per heavy atom. The van der Waals surface area contributed by atoms with Crippen LogP contribution in [0, 0.1) is 0 Å². The van der Waals surface area contributed by atoms with E-state index in [1.54, 1.807) is 11.8 Å². The molecule has 1 fully saturated rings. The quantitative estimate of drug-likeness (QED) is 0.294. The highest BCUT2D eigenvalue weighted by molar-refractivity contribution is 7.99. The third-order valence-electron chi connectivity index (χ3n) is 3.60. The van der Waals surface area contributed by atoms with Crippen molar-refractivity contribution in [2.24, 2.45) is 10.9 Å². The molecule has 0 aliphatic carbocycles. The number of nitrogens with two attached hydrogens (primary N) is 1. The smallest absolute Gasteiger partial charge is 0.173 e. The summed E-state index contributed by atoms with van der Waals surface area (Å²) in [6, 6.07) is 6.06. The molecule has 1 aromatic rings. The van der Waals surface area contributed by atoms with Gasteiger partial charge in [-0.15, -0.1) is 11.8 Å². The van der Waals surface area contributed by atoms with Crippen molar-refractivity contribution >= 4 is 23.3 Å². The molecular formula is C15H23N3O2S. The van der Waals surface area contributed by atoms with E-state index in [9.17, 15) is 0 Å². The highest BCUT2D eigenvalue weighted by atomic mass is 32.2. The molecular weight excluding hydrogens is 286 g/mol. The number of anilines is 1. The monoisotopic (exact) mass is 309 g/mol. The van der Waals surface area contributed by atoms with Gasteiger partial charge in [-0.1, -0.05) is 18.1 Å². The number of oxime groups is 1. The van der Waals surface area contributed by atoms with Crippen molar-refractivity contribution in [1.29, 1.82) is 0 Å². The second kappa shape index (κ2) is 6.58. The lowest BCUT2D eigenvalue weighted by molar-refractivity contribution is 0.0643. The summed E-state index contributed by atoms with van der Waals surface area (Å²) in [5, 5.41) is 12.4. The van der Waals surface area contributed by atoms with E-state index in [0.717, 1.165) is 28.4 Å². The molecule has 1 aliphatic rings. The number of rotatable bonds is 4. The van der Waals surface area contributed by atoms with Gasteiger partial charge in [0.15, 0.2) is 5.84 Å². The van der Waals surface area contributed by atoms with Crippen molar-refractivity contribution in [3.8, 4) is 0 Å². The predicted octanol–water partition coefficient (Wildman–Crippen LogP) is 2.51. The van der Waals surface area contributed by atoms with Gasteiger partial charge in [0.2, 0.25) is 0 Å². The molecule has 116 valence electrons. The summed E-state index contributed by atoms with van der Waals surface area (Å²) in [5.41, 5.74) is 7.63. The Hall–Kier alpha value is -1.40. The van der Waals surface area contributed by atoms with Gasteiger partial charge in [0, 0.05) is 17.1 Å². The minimum atomic E-state index is -0.127. The van der Waals surface area contributed by atoms with Crippen LogP contribution in [0.25, 0.3) is 0 Å². The molecule has 1 aliphatic heterocycles. The molecule has 0 bridgehead atoms. The van der Waals surface area contributed by atoms with Crippen LogP contribution in [0.2, 0.25) is 0 Å². The van der Waals surface area contributed by atoms with Crippen molar-refractivity contribution in [2.75, 3.05) is 30.4 Å². The van der Waals surface area contributed by atoms with Gasteiger partial charge in [-0.25, -0.2) is 0 Å². The fourth-order valence-electron chi connectivity index (χ4n) is 2.63. The van der Waals surface area contributed by atoms with Crippen LogP contribution >= 0.6 is 11.8 Å². The zero-order chi connectivity index (χ0) is 15.5. The van der Waals surface area contributed by atoms with Crippen LogP contribution in [0.4, 0.5) is 5.69 Å². The maximum absolute atomic E-state index is 9.14. The second-order valence-electron chi connectivity index (χ2n) is 5.59. The largest absolute Gasteiger partial charge is 0.409 e. The number of ether oxygens (including phenoxy) is 1. The maximum atomic E-state index is 9.14. The molecule has 21 heavy (non-hydrogen) atoms. The molecule has 5 nitrogen and oxygen atoms in total. The van der Waals surface area contributed by atoms with Gasteiger partial charge in [0.1, 0.15) is 0 Å². The Balaban J connectivity index is 2.54. The first-order chi connectivity index (χ1) is 10.0. The van der Waals surface area contributed by atoms with E-state index in [1.165, 1.54) is 0 Å². The van der Waals surface area contributed by atoms with Crippen LogP contribution < -0.4 is 10.6 Å². The number of benzene rings is 1. The topological polar surface area (TPSA) is 71.1 Å². The lowest BCUT2D eigenvalue weighted by Gasteiger charge is -2.44. The lowest BCUT2D eigenvalue weighted by atomic mass is 9.99. The van der Waals surface area contributed by atoms with Crippen LogP contribution in [0.15, 0.2) is 28.3 Å². The Bertz CT molecular complexity index is 532. The van der Waals surface area contributed by atoms with Gasteiger partial charge < -0.3 is 20.6 Å². The number of thioether (sulfide) groups is 1. The zero-order valence-electron chi connectivity index (χ0n) is 12.8. The molecule has 1 aromatic carbocycles. The number of amidine groups is 1. The number of hydrogen-bond donors (Lipinski definition) is 2. The molecule has 6 heteroatoms. The van der Waals surface area contributed by atoms with Crippen LogP contribution in [0.5, 0.6) is 0 Å².